The molecule has 0 heterocycles. The zero-order valence-corrected chi connectivity index (χ0v) is 16.1. The van der Waals surface area contributed by atoms with Crippen molar-refractivity contribution in [2.24, 2.45) is 5.41 Å². The summed E-state index contributed by atoms with van der Waals surface area (Å²) in [6, 6.07) is 0. The van der Waals surface area contributed by atoms with Gasteiger partial charge in [0.25, 0.3) is 6.47 Å². The Morgan fingerprint density at radius 2 is 1.56 bits per heavy atom. The largest absolute Gasteiger partial charge is 0.481 e. The van der Waals surface area contributed by atoms with Crippen LogP contribution in [-0.2, 0) is 19.1 Å². The van der Waals surface area contributed by atoms with Gasteiger partial charge in [-0.05, 0) is 58.8 Å². The fourth-order valence-corrected chi connectivity index (χ4v) is 3.01. The van der Waals surface area contributed by atoms with Crippen molar-refractivity contribution in [2.75, 3.05) is 13.2 Å². The molecule has 146 valence electrons. The smallest absolute Gasteiger partial charge is 0.309 e. The quantitative estimate of drug-likeness (QED) is 0.301. The van der Waals surface area contributed by atoms with Crippen LogP contribution in [0.5, 0.6) is 0 Å². The van der Waals surface area contributed by atoms with E-state index >= 15 is 0 Å². The van der Waals surface area contributed by atoms with Gasteiger partial charge in [-0.25, -0.2) is 0 Å². The molecule has 0 aromatic carbocycles. The predicted molar refractivity (Wildman–Crippen MR) is 97.5 cm³/mol. The summed E-state index contributed by atoms with van der Waals surface area (Å²) >= 11 is 0. The zero-order chi connectivity index (χ0) is 18.6. The lowest BCUT2D eigenvalue weighted by molar-refractivity contribution is -0.147. The number of carbonyl (C=O) groups is 2. The first-order valence-corrected chi connectivity index (χ1v) is 9.84. The highest BCUT2D eigenvalue weighted by molar-refractivity contribution is 5.73. The molecule has 1 rings (SSSR count). The minimum Gasteiger partial charge on any atom is -0.481 e. The molecule has 0 radical (unpaired) electrons. The van der Waals surface area contributed by atoms with Gasteiger partial charge in [-0.15, -0.1) is 0 Å². The molecule has 0 saturated heterocycles. The highest BCUT2D eigenvalue weighted by Gasteiger charge is 2.44. The SMILES string of the molecule is CC(C)(CCCCCCOCCCCCCC1(OC=O)CC1)C(=O)O. The molecule has 1 N–H and O–H groups in total. The van der Waals surface area contributed by atoms with Gasteiger partial charge >= 0.3 is 5.97 Å². The number of carboxylic acids is 1. The van der Waals surface area contributed by atoms with E-state index in [4.69, 9.17) is 14.6 Å². The Morgan fingerprint density at radius 3 is 2.08 bits per heavy atom. The summed E-state index contributed by atoms with van der Waals surface area (Å²) in [6.45, 7) is 5.80. The molecule has 1 fully saturated rings. The normalized spacial score (nSPS) is 15.8. The van der Waals surface area contributed by atoms with Crippen molar-refractivity contribution in [3.8, 4) is 0 Å². The van der Waals surface area contributed by atoms with Crippen LogP contribution in [0.4, 0.5) is 0 Å². The molecule has 1 aliphatic carbocycles. The van der Waals surface area contributed by atoms with Crippen LogP contribution in [0.25, 0.3) is 0 Å². The Bertz CT molecular complexity index is 388. The molecular weight excluding hydrogens is 320 g/mol. The number of hydrogen-bond acceptors (Lipinski definition) is 4. The van der Waals surface area contributed by atoms with Crippen molar-refractivity contribution in [2.45, 2.75) is 96.5 Å². The third-order valence-electron chi connectivity index (χ3n) is 5.20. The van der Waals surface area contributed by atoms with Gasteiger partial charge in [0.1, 0.15) is 5.60 Å². The highest BCUT2D eigenvalue weighted by atomic mass is 16.5. The van der Waals surface area contributed by atoms with E-state index in [0.29, 0.717) is 6.47 Å². The van der Waals surface area contributed by atoms with Crippen LogP contribution >= 0.6 is 0 Å². The molecule has 0 aromatic heterocycles. The standard InChI is InChI=1S/C20H36O5/c1-19(2,18(22)23)11-7-3-5-9-15-24-16-10-6-4-8-12-20(13-14-20)25-17-21/h17H,3-16H2,1-2H3,(H,22,23). The molecule has 1 saturated carbocycles. The van der Waals surface area contributed by atoms with E-state index in [-0.39, 0.29) is 5.60 Å². The van der Waals surface area contributed by atoms with Gasteiger partial charge in [-0.1, -0.05) is 32.1 Å². The maximum Gasteiger partial charge on any atom is 0.309 e. The van der Waals surface area contributed by atoms with Crippen LogP contribution in [-0.4, -0.2) is 36.4 Å². The third-order valence-corrected chi connectivity index (χ3v) is 5.20. The summed E-state index contributed by atoms with van der Waals surface area (Å²) in [7, 11) is 0. The number of carbonyl (C=O) groups excluding carboxylic acids is 1. The number of aliphatic carboxylic acids is 1. The van der Waals surface area contributed by atoms with Gasteiger partial charge in [0.15, 0.2) is 0 Å². The van der Waals surface area contributed by atoms with Gasteiger partial charge in [-0.2, -0.15) is 0 Å². The second-order valence-corrected chi connectivity index (χ2v) is 8.03. The van der Waals surface area contributed by atoms with Crippen molar-refractivity contribution >= 4 is 12.4 Å². The molecule has 5 heteroatoms. The van der Waals surface area contributed by atoms with Crippen LogP contribution in [0.1, 0.15) is 90.9 Å². The van der Waals surface area contributed by atoms with Crippen molar-refractivity contribution < 1.29 is 24.2 Å². The Kier molecular flexibility index (Phi) is 10.1. The maximum absolute atomic E-state index is 11.0. The molecule has 0 unspecified atom stereocenters. The van der Waals surface area contributed by atoms with Gasteiger partial charge in [-0.3, -0.25) is 9.59 Å². The fraction of sp³-hybridized carbons (Fsp3) is 0.900. The number of carboxylic acid groups (broad SMARTS) is 1. The summed E-state index contributed by atoms with van der Waals surface area (Å²) in [5, 5.41) is 9.05. The second kappa shape index (κ2) is 11.5. The average molecular weight is 357 g/mol. The molecule has 0 amide bonds. The highest BCUT2D eigenvalue weighted by Crippen LogP contribution is 2.43. The summed E-state index contributed by atoms with van der Waals surface area (Å²) in [5.74, 6) is -0.709. The molecule has 5 nitrogen and oxygen atoms in total. The van der Waals surface area contributed by atoms with E-state index in [1.165, 1.54) is 12.8 Å². The first-order valence-electron chi connectivity index (χ1n) is 9.84. The zero-order valence-electron chi connectivity index (χ0n) is 16.1. The lowest BCUT2D eigenvalue weighted by atomic mass is 9.87. The average Bonchev–Trinajstić information content (AvgIpc) is 3.31. The topological polar surface area (TPSA) is 72.8 Å². The van der Waals surface area contributed by atoms with Gasteiger partial charge in [0.05, 0.1) is 5.41 Å². The second-order valence-electron chi connectivity index (χ2n) is 8.03. The van der Waals surface area contributed by atoms with Crippen LogP contribution in [0.15, 0.2) is 0 Å². The predicted octanol–water partition coefficient (Wildman–Crippen LogP) is 4.72. The molecule has 25 heavy (non-hydrogen) atoms. The van der Waals surface area contributed by atoms with E-state index in [9.17, 15) is 9.59 Å². The van der Waals surface area contributed by atoms with E-state index in [0.717, 1.165) is 77.4 Å². The summed E-state index contributed by atoms with van der Waals surface area (Å²) in [4.78, 5) is 21.4. The summed E-state index contributed by atoms with van der Waals surface area (Å²) < 4.78 is 10.8. The van der Waals surface area contributed by atoms with Gasteiger partial charge in [0, 0.05) is 13.2 Å². The van der Waals surface area contributed by atoms with Crippen LogP contribution in [0.2, 0.25) is 0 Å². The lowest BCUT2D eigenvalue weighted by Gasteiger charge is -2.18. The number of ether oxygens (including phenoxy) is 2. The fourth-order valence-electron chi connectivity index (χ4n) is 3.01. The lowest BCUT2D eigenvalue weighted by Crippen LogP contribution is -2.23. The maximum atomic E-state index is 11.0. The Morgan fingerprint density at radius 1 is 1.00 bits per heavy atom. The summed E-state index contributed by atoms with van der Waals surface area (Å²) in [6.07, 6.45) is 12.6. The number of unbranched alkanes of at least 4 members (excludes halogenated alkanes) is 6. The summed E-state index contributed by atoms with van der Waals surface area (Å²) in [5.41, 5.74) is -0.701. The molecule has 0 atom stereocenters. The molecule has 0 bridgehead atoms. The van der Waals surface area contributed by atoms with Crippen molar-refractivity contribution in [1.82, 2.24) is 0 Å². The molecule has 0 aromatic rings. The van der Waals surface area contributed by atoms with Gasteiger partial charge < -0.3 is 14.6 Å². The Labute approximate surface area is 152 Å². The van der Waals surface area contributed by atoms with Gasteiger partial charge in [0.2, 0.25) is 0 Å². The Balaban J connectivity index is 1.79. The van der Waals surface area contributed by atoms with E-state index in [2.05, 4.69) is 0 Å². The van der Waals surface area contributed by atoms with Crippen molar-refractivity contribution in [3.63, 3.8) is 0 Å². The van der Waals surface area contributed by atoms with E-state index in [1.807, 2.05) is 0 Å². The van der Waals surface area contributed by atoms with Crippen molar-refractivity contribution in [1.29, 1.82) is 0 Å². The van der Waals surface area contributed by atoms with Crippen LogP contribution in [0.3, 0.4) is 0 Å². The first-order chi connectivity index (χ1) is 11.9. The van der Waals surface area contributed by atoms with Crippen LogP contribution in [0, 0.1) is 5.41 Å². The molecule has 1 aliphatic rings. The monoisotopic (exact) mass is 356 g/mol. The number of rotatable bonds is 17. The Hall–Kier alpha value is -1.10. The first kappa shape index (κ1) is 21.9. The molecular formula is C20H36O5. The van der Waals surface area contributed by atoms with Crippen molar-refractivity contribution in [3.05, 3.63) is 0 Å². The molecule has 0 aliphatic heterocycles. The van der Waals surface area contributed by atoms with E-state index < -0.39 is 11.4 Å². The number of hydrogen-bond donors (Lipinski definition) is 1. The third kappa shape index (κ3) is 9.83. The molecule has 0 spiro atoms. The minimum atomic E-state index is -0.709. The van der Waals surface area contributed by atoms with Crippen LogP contribution < -0.4 is 0 Å². The minimum absolute atomic E-state index is 0.0993. The van der Waals surface area contributed by atoms with E-state index in [1.54, 1.807) is 13.8 Å².